The predicted octanol–water partition coefficient (Wildman–Crippen LogP) is 2.46. The van der Waals surface area contributed by atoms with Crippen molar-refractivity contribution < 1.29 is 0 Å². The zero-order valence-corrected chi connectivity index (χ0v) is 14.3. The molecule has 2 unspecified atom stereocenters. The van der Waals surface area contributed by atoms with Crippen LogP contribution in [0.25, 0.3) is 0 Å². The average Bonchev–Trinajstić information content (AvgIpc) is 2.35. The molecule has 0 aromatic carbocycles. The molecule has 0 heterocycles. The second-order valence-corrected chi connectivity index (χ2v) is 6.81. The molecule has 4 heteroatoms. The Morgan fingerprint density at radius 1 is 1.40 bits per heavy atom. The molecule has 4 nitrogen and oxygen atoms in total. The van der Waals surface area contributed by atoms with Crippen LogP contribution in [0.4, 0.5) is 0 Å². The van der Waals surface area contributed by atoms with E-state index in [1.807, 2.05) is 0 Å². The van der Waals surface area contributed by atoms with Gasteiger partial charge in [0.15, 0.2) is 5.96 Å². The normalized spacial score (nSPS) is 28.0. The summed E-state index contributed by atoms with van der Waals surface area (Å²) in [6.07, 6.45) is 5.20. The minimum atomic E-state index is 0.233. The maximum absolute atomic E-state index is 4.86. The first-order valence-electron chi connectivity index (χ1n) is 8.12. The second-order valence-electron chi connectivity index (χ2n) is 6.81. The Labute approximate surface area is 125 Å². The molecule has 2 N–H and O–H groups in total. The first-order valence-corrected chi connectivity index (χ1v) is 8.12. The van der Waals surface area contributed by atoms with E-state index in [9.17, 15) is 0 Å². The van der Waals surface area contributed by atoms with Gasteiger partial charge in [0, 0.05) is 18.1 Å². The van der Waals surface area contributed by atoms with Crippen LogP contribution in [0, 0.1) is 5.92 Å². The molecule has 2 atom stereocenters. The summed E-state index contributed by atoms with van der Waals surface area (Å²) in [4.78, 5) is 7.25. The predicted molar refractivity (Wildman–Crippen MR) is 88.3 cm³/mol. The van der Waals surface area contributed by atoms with Gasteiger partial charge in [-0.2, -0.15) is 0 Å². The topological polar surface area (TPSA) is 39.7 Å². The molecule has 118 valence electrons. The van der Waals surface area contributed by atoms with Gasteiger partial charge in [0.1, 0.15) is 0 Å². The quantitative estimate of drug-likeness (QED) is 0.601. The summed E-state index contributed by atoms with van der Waals surface area (Å²) in [6, 6.07) is 0.411. The third kappa shape index (κ3) is 4.97. The van der Waals surface area contributed by atoms with E-state index in [1.54, 1.807) is 0 Å². The van der Waals surface area contributed by atoms with Gasteiger partial charge in [0.05, 0.1) is 6.54 Å². The summed E-state index contributed by atoms with van der Waals surface area (Å²) in [5.74, 6) is 1.75. The summed E-state index contributed by atoms with van der Waals surface area (Å²) in [5.41, 5.74) is 0.233. The highest BCUT2D eigenvalue weighted by Gasteiger charge is 2.36. The first-order chi connectivity index (χ1) is 9.39. The largest absolute Gasteiger partial charge is 0.357 e. The van der Waals surface area contributed by atoms with E-state index in [0.717, 1.165) is 25.0 Å². The number of guanidine groups is 1. The molecule has 1 rings (SSSR count). The van der Waals surface area contributed by atoms with Crippen molar-refractivity contribution >= 4 is 5.96 Å². The molecular weight excluding hydrogens is 248 g/mol. The van der Waals surface area contributed by atoms with Crippen molar-refractivity contribution in [1.29, 1.82) is 0 Å². The Hall–Kier alpha value is -0.770. The van der Waals surface area contributed by atoms with E-state index < -0.39 is 0 Å². The average molecular weight is 282 g/mol. The highest BCUT2D eigenvalue weighted by Crippen LogP contribution is 2.35. The Balaban J connectivity index is 2.77. The van der Waals surface area contributed by atoms with Crippen molar-refractivity contribution in [2.24, 2.45) is 10.9 Å². The molecule has 0 radical (unpaired) electrons. The zero-order valence-electron chi connectivity index (χ0n) is 14.3. The number of nitrogens with one attached hydrogen (secondary N) is 2. The minimum Gasteiger partial charge on any atom is -0.357 e. The van der Waals surface area contributed by atoms with Gasteiger partial charge < -0.3 is 15.5 Å². The molecule has 1 aliphatic carbocycles. The fourth-order valence-electron chi connectivity index (χ4n) is 3.14. The van der Waals surface area contributed by atoms with Crippen LogP contribution in [0.15, 0.2) is 4.99 Å². The van der Waals surface area contributed by atoms with Gasteiger partial charge >= 0.3 is 0 Å². The summed E-state index contributed by atoms with van der Waals surface area (Å²) >= 11 is 0. The van der Waals surface area contributed by atoms with Gasteiger partial charge in [-0.05, 0) is 53.6 Å². The summed E-state index contributed by atoms with van der Waals surface area (Å²) in [6.45, 7) is 10.6. The molecule has 0 spiro atoms. The van der Waals surface area contributed by atoms with Crippen molar-refractivity contribution in [1.82, 2.24) is 15.5 Å². The summed E-state index contributed by atoms with van der Waals surface area (Å²) in [5, 5.41) is 6.75. The highest BCUT2D eigenvalue weighted by molar-refractivity contribution is 5.80. The summed E-state index contributed by atoms with van der Waals surface area (Å²) < 4.78 is 0. The van der Waals surface area contributed by atoms with E-state index in [1.165, 1.54) is 25.7 Å². The number of hydrogen-bond donors (Lipinski definition) is 2. The molecule has 1 fully saturated rings. The van der Waals surface area contributed by atoms with E-state index in [-0.39, 0.29) is 5.54 Å². The molecule has 0 bridgehead atoms. The Morgan fingerprint density at radius 2 is 2.10 bits per heavy atom. The molecule has 0 saturated heterocycles. The van der Waals surface area contributed by atoms with Crippen LogP contribution in [-0.2, 0) is 0 Å². The number of nitrogens with zero attached hydrogens (tertiary/aromatic N) is 2. The van der Waals surface area contributed by atoms with E-state index >= 15 is 0 Å². The highest BCUT2D eigenvalue weighted by atomic mass is 15.2. The Bertz CT molecular complexity index is 312. The minimum absolute atomic E-state index is 0.233. The molecule has 1 aliphatic rings. The van der Waals surface area contributed by atoms with E-state index in [0.29, 0.717) is 6.04 Å². The van der Waals surface area contributed by atoms with Crippen LogP contribution >= 0.6 is 0 Å². The number of aliphatic imine (C=N–C) groups is 1. The lowest BCUT2D eigenvalue weighted by atomic mass is 9.75. The lowest BCUT2D eigenvalue weighted by molar-refractivity contribution is 0.0845. The lowest BCUT2D eigenvalue weighted by Gasteiger charge is -2.44. The molecular formula is C16H34N4. The fourth-order valence-corrected chi connectivity index (χ4v) is 3.14. The molecule has 0 amide bonds. The lowest BCUT2D eigenvalue weighted by Crippen LogP contribution is -2.51. The van der Waals surface area contributed by atoms with Gasteiger partial charge in [0.2, 0.25) is 0 Å². The van der Waals surface area contributed by atoms with Crippen LogP contribution in [0.1, 0.15) is 53.4 Å². The number of likely N-dealkylation sites (N-methyl/N-ethyl adjacent to an activating group) is 1. The van der Waals surface area contributed by atoms with Gasteiger partial charge in [-0.3, -0.25) is 4.99 Å². The summed E-state index contributed by atoms with van der Waals surface area (Å²) in [7, 11) is 4.41. The smallest absolute Gasteiger partial charge is 0.191 e. The third-order valence-electron chi connectivity index (χ3n) is 4.32. The molecule has 0 aromatic heterocycles. The van der Waals surface area contributed by atoms with Crippen molar-refractivity contribution in [2.75, 3.05) is 27.2 Å². The molecule has 0 aromatic rings. The number of rotatable bonds is 5. The van der Waals surface area contributed by atoms with Crippen molar-refractivity contribution in [3.05, 3.63) is 0 Å². The standard InChI is InChI=1S/C16H34N4/c1-7-17-15(19-13(2)3)18-12-16(20(5)6)10-8-9-14(4)11-16/h13-14H,7-12H2,1-6H3,(H2,17,18,19). The maximum atomic E-state index is 4.86. The zero-order chi connectivity index (χ0) is 15.2. The first kappa shape index (κ1) is 17.3. The monoisotopic (exact) mass is 282 g/mol. The van der Waals surface area contributed by atoms with Crippen LogP contribution in [0.3, 0.4) is 0 Å². The van der Waals surface area contributed by atoms with E-state index in [4.69, 9.17) is 4.99 Å². The maximum Gasteiger partial charge on any atom is 0.191 e. The fraction of sp³-hybridized carbons (Fsp3) is 0.938. The van der Waals surface area contributed by atoms with Gasteiger partial charge in [0.25, 0.3) is 0 Å². The van der Waals surface area contributed by atoms with Crippen molar-refractivity contribution in [3.63, 3.8) is 0 Å². The molecule has 0 aliphatic heterocycles. The van der Waals surface area contributed by atoms with Gasteiger partial charge in [-0.15, -0.1) is 0 Å². The van der Waals surface area contributed by atoms with Crippen molar-refractivity contribution in [2.45, 2.75) is 65.0 Å². The van der Waals surface area contributed by atoms with Crippen LogP contribution in [-0.4, -0.2) is 49.6 Å². The Morgan fingerprint density at radius 3 is 2.60 bits per heavy atom. The van der Waals surface area contributed by atoms with E-state index in [2.05, 4.69) is 57.3 Å². The molecule has 20 heavy (non-hydrogen) atoms. The Kier molecular flexibility index (Phi) is 6.80. The van der Waals surface area contributed by atoms with Crippen LogP contribution in [0.5, 0.6) is 0 Å². The van der Waals surface area contributed by atoms with Crippen molar-refractivity contribution in [3.8, 4) is 0 Å². The van der Waals surface area contributed by atoms with Gasteiger partial charge in [-0.25, -0.2) is 0 Å². The SMILES string of the molecule is CCNC(=NCC1(N(C)C)CCCC(C)C1)NC(C)C. The third-order valence-corrected chi connectivity index (χ3v) is 4.32. The van der Waals surface area contributed by atoms with Gasteiger partial charge in [-0.1, -0.05) is 19.8 Å². The number of hydrogen-bond acceptors (Lipinski definition) is 2. The van der Waals surface area contributed by atoms with Crippen LogP contribution < -0.4 is 10.6 Å². The van der Waals surface area contributed by atoms with Crippen LogP contribution in [0.2, 0.25) is 0 Å². The second kappa shape index (κ2) is 7.87. The molecule has 1 saturated carbocycles.